The molecule has 4 nitrogen and oxygen atoms in total. The van der Waals surface area contributed by atoms with Crippen molar-refractivity contribution in [2.24, 2.45) is 11.8 Å². The molecule has 0 spiro atoms. The third-order valence-corrected chi connectivity index (χ3v) is 10.5. The second kappa shape index (κ2) is 5.81. The molecule has 0 aliphatic carbocycles. The molecule has 0 radical (unpaired) electrons. The van der Waals surface area contributed by atoms with Gasteiger partial charge >= 0.3 is 0 Å². The molecule has 5 heteroatoms. The first kappa shape index (κ1) is 17.4. The van der Waals surface area contributed by atoms with Gasteiger partial charge in [-0.3, -0.25) is 0 Å². The fourth-order valence-corrected chi connectivity index (χ4v) is 4.47. The third-order valence-electron chi connectivity index (χ3n) is 5.96. The number of hydrogen-bond acceptors (Lipinski definition) is 4. The van der Waals surface area contributed by atoms with Gasteiger partial charge in [0.25, 0.3) is 0 Å². The lowest BCUT2D eigenvalue weighted by atomic mass is 9.77. The number of hydrogen-bond donors (Lipinski definition) is 0. The third kappa shape index (κ3) is 2.98. The molecular formula is C18H30O4Si. The second-order valence-electron chi connectivity index (χ2n) is 8.57. The zero-order valence-corrected chi connectivity index (χ0v) is 16.1. The van der Waals surface area contributed by atoms with Crippen LogP contribution < -0.4 is 0 Å². The van der Waals surface area contributed by atoms with Crippen LogP contribution in [0.4, 0.5) is 0 Å². The summed E-state index contributed by atoms with van der Waals surface area (Å²) >= 11 is 0. The molecule has 0 aromatic rings. The fourth-order valence-electron chi connectivity index (χ4n) is 3.45. The average Bonchev–Trinajstić information content (AvgIpc) is 2.99. The lowest BCUT2D eigenvalue weighted by Crippen LogP contribution is -2.52. The highest BCUT2D eigenvalue weighted by molar-refractivity contribution is 6.74. The van der Waals surface area contributed by atoms with Crippen molar-refractivity contribution in [3.8, 4) is 0 Å². The molecule has 3 saturated heterocycles. The topological polar surface area (TPSA) is 36.9 Å². The van der Waals surface area contributed by atoms with Crippen molar-refractivity contribution in [2.75, 3.05) is 19.8 Å². The van der Waals surface area contributed by atoms with Crippen molar-refractivity contribution >= 4 is 8.32 Å². The van der Waals surface area contributed by atoms with Crippen molar-refractivity contribution < 1.29 is 18.6 Å². The zero-order valence-electron chi connectivity index (χ0n) is 15.1. The summed E-state index contributed by atoms with van der Waals surface area (Å²) in [6.45, 7) is 21.4. The van der Waals surface area contributed by atoms with Crippen LogP contribution in [-0.4, -0.2) is 46.6 Å². The molecule has 3 heterocycles. The van der Waals surface area contributed by atoms with Gasteiger partial charge in [-0.25, -0.2) is 0 Å². The summed E-state index contributed by atoms with van der Waals surface area (Å²) in [7, 11) is -1.81. The van der Waals surface area contributed by atoms with Gasteiger partial charge in [0.1, 0.15) is 6.10 Å². The lowest BCUT2D eigenvalue weighted by Gasteiger charge is -2.43. The summed E-state index contributed by atoms with van der Waals surface area (Å²) in [6.07, 6.45) is -0.317. The first-order valence-electron chi connectivity index (χ1n) is 8.50. The lowest BCUT2D eigenvalue weighted by molar-refractivity contribution is -0.233. The summed E-state index contributed by atoms with van der Waals surface area (Å²) in [5, 5.41) is 0.182. The van der Waals surface area contributed by atoms with Crippen LogP contribution in [0.5, 0.6) is 0 Å². The van der Waals surface area contributed by atoms with E-state index in [1.807, 2.05) is 0 Å². The van der Waals surface area contributed by atoms with Crippen molar-refractivity contribution in [2.45, 2.75) is 57.4 Å². The second-order valence-corrected chi connectivity index (χ2v) is 13.4. The Labute approximate surface area is 141 Å². The Bertz CT molecular complexity index is 508. The Kier molecular flexibility index (Phi) is 4.39. The number of rotatable bonds is 3. The van der Waals surface area contributed by atoms with Crippen LogP contribution in [0.1, 0.15) is 20.8 Å². The maximum atomic E-state index is 6.38. The van der Waals surface area contributed by atoms with Crippen molar-refractivity contribution in [3.63, 3.8) is 0 Å². The van der Waals surface area contributed by atoms with E-state index in [9.17, 15) is 0 Å². The Hall–Kier alpha value is -0.463. The number of fused-ring (bicyclic) bond motifs is 3. The molecule has 3 aliphatic rings. The Morgan fingerprint density at radius 2 is 1.70 bits per heavy atom. The van der Waals surface area contributed by atoms with Gasteiger partial charge in [-0.05, 0) is 29.3 Å². The van der Waals surface area contributed by atoms with Crippen LogP contribution >= 0.6 is 0 Å². The quantitative estimate of drug-likeness (QED) is 0.583. The van der Waals surface area contributed by atoms with Gasteiger partial charge in [-0.15, -0.1) is 0 Å². The summed E-state index contributed by atoms with van der Waals surface area (Å²) < 4.78 is 24.4. The molecule has 0 unspecified atom stereocenters. The Morgan fingerprint density at radius 1 is 1.09 bits per heavy atom. The van der Waals surface area contributed by atoms with E-state index in [4.69, 9.17) is 18.6 Å². The van der Waals surface area contributed by atoms with E-state index in [1.54, 1.807) is 0 Å². The molecule has 0 bridgehead atoms. The normalized spacial score (nSPS) is 37.9. The van der Waals surface area contributed by atoms with E-state index in [1.165, 1.54) is 0 Å². The predicted octanol–water partition coefficient (Wildman–Crippen LogP) is 3.51. The Balaban J connectivity index is 1.74. The van der Waals surface area contributed by atoms with Crippen molar-refractivity contribution in [1.82, 2.24) is 0 Å². The van der Waals surface area contributed by atoms with Crippen LogP contribution in [-0.2, 0) is 18.6 Å². The van der Waals surface area contributed by atoms with Crippen LogP contribution in [0.3, 0.4) is 0 Å². The van der Waals surface area contributed by atoms with Crippen LogP contribution in [0.15, 0.2) is 24.3 Å². The maximum absolute atomic E-state index is 6.38. The smallest absolute Gasteiger partial charge is 0.192 e. The molecule has 0 amide bonds. The van der Waals surface area contributed by atoms with Crippen molar-refractivity contribution in [3.05, 3.63) is 24.3 Å². The fraction of sp³-hybridized carbons (Fsp3) is 0.778. The number of ether oxygens (including phenoxy) is 3. The Morgan fingerprint density at radius 3 is 2.35 bits per heavy atom. The van der Waals surface area contributed by atoms with Gasteiger partial charge in [0.05, 0.1) is 25.9 Å². The van der Waals surface area contributed by atoms with Gasteiger partial charge in [-0.1, -0.05) is 33.9 Å². The standard InChI is InChI=1S/C18H30O4Si/c1-11-8-19-16-13(10-21-23(6,7)18(3,4)5)22-17-15(14(11)16)12(2)9-20-17/h13-17H,1-2,8-10H2,3-7H3/t13-,14+,15-,16-,17+/m1/s1. The van der Waals surface area contributed by atoms with E-state index in [2.05, 4.69) is 47.0 Å². The molecule has 3 rings (SSSR count). The zero-order chi connectivity index (χ0) is 17.0. The molecule has 0 aromatic heterocycles. The first-order chi connectivity index (χ1) is 10.6. The minimum absolute atomic E-state index is 0.00645. The highest BCUT2D eigenvalue weighted by Crippen LogP contribution is 2.47. The largest absolute Gasteiger partial charge is 0.414 e. The van der Waals surface area contributed by atoms with Gasteiger partial charge in [0, 0.05) is 11.8 Å². The monoisotopic (exact) mass is 338 g/mol. The van der Waals surface area contributed by atoms with E-state index < -0.39 is 8.32 Å². The van der Waals surface area contributed by atoms with Crippen LogP contribution in [0, 0.1) is 11.8 Å². The highest BCUT2D eigenvalue weighted by atomic mass is 28.4. The van der Waals surface area contributed by atoms with E-state index in [-0.39, 0.29) is 35.4 Å². The van der Waals surface area contributed by atoms with E-state index in [0.717, 1.165) is 11.1 Å². The van der Waals surface area contributed by atoms with E-state index in [0.29, 0.717) is 19.8 Å². The van der Waals surface area contributed by atoms with Gasteiger partial charge in [0.2, 0.25) is 0 Å². The van der Waals surface area contributed by atoms with E-state index >= 15 is 0 Å². The van der Waals surface area contributed by atoms with Crippen LogP contribution in [0.2, 0.25) is 18.1 Å². The summed E-state index contributed by atoms with van der Waals surface area (Å²) in [4.78, 5) is 0. The molecular weight excluding hydrogens is 308 g/mol. The first-order valence-corrected chi connectivity index (χ1v) is 11.4. The SMILES string of the molecule is C=C1CO[C@H]2[C@@H]1[C@H]1C(=C)CO[C@H]1O[C@@H]2CO[Si](C)(C)C(C)(C)C. The molecule has 0 aromatic carbocycles. The summed E-state index contributed by atoms with van der Waals surface area (Å²) in [6, 6.07) is 0. The molecule has 0 N–H and O–H groups in total. The molecule has 3 fully saturated rings. The van der Waals surface area contributed by atoms with Gasteiger partial charge in [0.15, 0.2) is 14.6 Å². The minimum atomic E-state index is -1.81. The summed E-state index contributed by atoms with van der Waals surface area (Å²) in [5.74, 6) is 0.427. The van der Waals surface area contributed by atoms with Gasteiger partial charge in [-0.2, -0.15) is 0 Å². The summed E-state index contributed by atoms with van der Waals surface area (Å²) in [5.41, 5.74) is 2.23. The molecule has 130 valence electrons. The highest BCUT2D eigenvalue weighted by Gasteiger charge is 2.54. The molecule has 23 heavy (non-hydrogen) atoms. The molecule has 3 aliphatic heterocycles. The van der Waals surface area contributed by atoms with Crippen LogP contribution in [0.25, 0.3) is 0 Å². The molecule has 5 atom stereocenters. The average molecular weight is 339 g/mol. The molecule has 0 saturated carbocycles. The predicted molar refractivity (Wildman–Crippen MR) is 92.8 cm³/mol. The van der Waals surface area contributed by atoms with Gasteiger partial charge < -0.3 is 18.6 Å². The van der Waals surface area contributed by atoms with Crippen molar-refractivity contribution in [1.29, 1.82) is 0 Å². The minimum Gasteiger partial charge on any atom is -0.414 e. The maximum Gasteiger partial charge on any atom is 0.192 e.